The van der Waals surface area contributed by atoms with Crippen molar-refractivity contribution in [2.75, 3.05) is 5.73 Å². The fourth-order valence-corrected chi connectivity index (χ4v) is 3.32. The van der Waals surface area contributed by atoms with Crippen LogP contribution in [0.2, 0.25) is 0 Å². The SMILES string of the molecule is Cc1ccccc1-c1nc(C)c2c(N)c(C(N)=O)sc2n1. The van der Waals surface area contributed by atoms with Gasteiger partial charge in [-0.25, -0.2) is 9.97 Å². The molecule has 2 heterocycles. The van der Waals surface area contributed by atoms with Gasteiger partial charge < -0.3 is 11.5 Å². The summed E-state index contributed by atoms with van der Waals surface area (Å²) in [5, 5.41) is 0.714. The molecular formula is C15H14N4OS. The van der Waals surface area contributed by atoms with E-state index in [9.17, 15) is 4.79 Å². The molecule has 0 aliphatic rings. The lowest BCUT2D eigenvalue weighted by Crippen LogP contribution is -2.10. The third-order valence-corrected chi connectivity index (χ3v) is 4.49. The summed E-state index contributed by atoms with van der Waals surface area (Å²) in [5.74, 6) is 0.0997. The highest BCUT2D eigenvalue weighted by molar-refractivity contribution is 7.21. The molecule has 6 heteroatoms. The number of rotatable bonds is 2. The molecule has 3 aromatic rings. The van der Waals surface area contributed by atoms with Crippen molar-refractivity contribution in [2.45, 2.75) is 13.8 Å². The number of nitrogens with zero attached hydrogens (tertiary/aromatic N) is 2. The van der Waals surface area contributed by atoms with E-state index in [1.54, 1.807) is 0 Å². The van der Waals surface area contributed by atoms with Crippen molar-refractivity contribution in [1.29, 1.82) is 0 Å². The van der Waals surface area contributed by atoms with Crippen molar-refractivity contribution in [3.05, 3.63) is 40.4 Å². The van der Waals surface area contributed by atoms with Crippen molar-refractivity contribution in [3.63, 3.8) is 0 Å². The van der Waals surface area contributed by atoms with E-state index in [4.69, 9.17) is 11.5 Å². The molecule has 0 saturated heterocycles. The molecule has 0 spiro atoms. The number of carbonyl (C=O) groups is 1. The molecule has 0 atom stereocenters. The molecule has 0 bridgehead atoms. The quantitative estimate of drug-likeness (QED) is 0.760. The molecule has 1 amide bonds. The minimum absolute atomic E-state index is 0.337. The second kappa shape index (κ2) is 4.82. The van der Waals surface area contributed by atoms with Crippen LogP contribution in [0.4, 0.5) is 5.69 Å². The Morgan fingerprint density at radius 2 is 1.90 bits per heavy atom. The summed E-state index contributed by atoms with van der Waals surface area (Å²) in [5.41, 5.74) is 14.5. The predicted molar refractivity (Wildman–Crippen MR) is 85.3 cm³/mol. The minimum Gasteiger partial charge on any atom is -0.397 e. The van der Waals surface area contributed by atoms with Crippen LogP contribution in [0.1, 0.15) is 20.9 Å². The first kappa shape index (κ1) is 13.5. The lowest BCUT2D eigenvalue weighted by molar-refractivity contribution is 0.100. The van der Waals surface area contributed by atoms with Crippen LogP contribution >= 0.6 is 11.3 Å². The summed E-state index contributed by atoms with van der Waals surface area (Å²) in [6, 6.07) is 7.90. The monoisotopic (exact) mass is 298 g/mol. The van der Waals surface area contributed by atoms with Crippen LogP contribution in [0.15, 0.2) is 24.3 Å². The highest BCUT2D eigenvalue weighted by Crippen LogP contribution is 2.35. The molecule has 3 rings (SSSR count). The first-order valence-corrected chi connectivity index (χ1v) is 7.23. The Labute approximate surface area is 125 Å². The van der Waals surface area contributed by atoms with Gasteiger partial charge in [0.15, 0.2) is 5.82 Å². The van der Waals surface area contributed by atoms with Crippen LogP contribution in [0.5, 0.6) is 0 Å². The van der Waals surface area contributed by atoms with E-state index in [0.29, 0.717) is 26.6 Å². The van der Waals surface area contributed by atoms with Crippen molar-refractivity contribution < 1.29 is 4.79 Å². The molecule has 5 nitrogen and oxygen atoms in total. The summed E-state index contributed by atoms with van der Waals surface area (Å²) >= 11 is 1.21. The van der Waals surface area contributed by atoms with Crippen LogP contribution < -0.4 is 11.5 Å². The molecule has 21 heavy (non-hydrogen) atoms. The Balaban J connectivity index is 2.29. The largest absolute Gasteiger partial charge is 0.397 e. The highest BCUT2D eigenvalue weighted by atomic mass is 32.1. The van der Waals surface area contributed by atoms with Gasteiger partial charge in [0.05, 0.1) is 16.8 Å². The number of primary amides is 1. The van der Waals surface area contributed by atoms with Gasteiger partial charge in [-0.05, 0) is 19.4 Å². The summed E-state index contributed by atoms with van der Waals surface area (Å²) < 4.78 is 0. The zero-order valence-electron chi connectivity index (χ0n) is 11.7. The van der Waals surface area contributed by atoms with E-state index in [0.717, 1.165) is 16.8 Å². The molecule has 4 N–H and O–H groups in total. The molecule has 0 aliphatic carbocycles. The topological polar surface area (TPSA) is 94.9 Å². The Morgan fingerprint density at radius 3 is 2.57 bits per heavy atom. The van der Waals surface area contributed by atoms with Gasteiger partial charge in [-0.2, -0.15) is 0 Å². The van der Waals surface area contributed by atoms with E-state index in [1.807, 2.05) is 38.1 Å². The van der Waals surface area contributed by atoms with E-state index in [2.05, 4.69) is 9.97 Å². The molecule has 0 aliphatic heterocycles. The molecule has 106 valence electrons. The summed E-state index contributed by atoms with van der Waals surface area (Å²) in [7, 11) is 0. The van der Waals surface area contributed by atoms with Crippen LogP contribution in [0, 0.1) is 13.8 Å². The van der Waals surface area contributed by atoms with Gasteiger partial charge in [0.2, 0.25) is 0 Å². The highest BCUT2D eigenvalue weighted by Gasteiger charge is 2.18. The van der Waals surface area contributed by atoms with Crippen molar-refractivity contribution in [1.82, 2.24) is 9.97 Å². The molecule has 0 fully saturated rings. The maximum atomic E-state index is 11.4. The van der Waals surface area contributed by atoms with E-state index >= 15 is 0 Å². The van der Waals surface area contributed by atoms with E-state index < -0.39 is 5.91 Å². The number of thiophene rings is 1. The number of nitrogen functional groups attached to an aromatic ring is 1. The number of hydrogen-bond acceptors (Lipinski definition) is 5. The first-order valence-electron chi connectivity index (χ1n) is 6.41. The normalized spacial score (nSPS) is 11.0. The van der Waals surface area contributed by atoms with E-state index in [1.165, 1.54) is 11.3 Å². The molecule has 0 radical (unpaired) electrons. The van der Waals surface area contributed by atoms with Gasteiger partial charge in [-0.3, -0.25) is 4.79 Å². The minimum atomic E-state index is -0.535. The molecule has 1 aromatic carbocycles. The Bertz CT molecular complexity index is 869. The fraction of sp³-hybridized carbons (Fsp3) is 0.133. The van der Waals surface area contributed by atoms with Gasteiger partial charge >= 0.3 is 0 Å². The van der Waals surface area contributed by atoms with Crippen molar-refractivity contribution in [2.24, 2.45) is 5.73 Å². The Morgan fingerprint density at radius 1 is 1.19 bits per heavy atom. The number of hydrogen-bond donors (Lipinski definition) is 2. The number of benzene rings is 1. The zero-order chi connectivity index (χ0) is 15.1. The smallest absolute Gasteiger partial charge is 0.260 e. The number of aromatic nitrogens is 2. The average molecular weight is 298 g/mol. The lowest BCUT2D eigenvalue weighted by atomic mass is 10.1. The third kappa shape index (κ3) is 2.13. The standard InChI is InChI=1S/C15H14N4OS/c1-7-5-3-4-6-9(7)14-18-8(2)10-11(16)12(13(17)20)21-15(10)19-14/h3-6H,16H2,1-2H3,(H2,17,20). The Kier molecular flexibility index (Phi) is 3.10. The van der Waals surface area contributed by atoms with Crippen LogP contribution in [0.25, 0.3) is 21.6 Å². The number of carbonyl (C=O) groups excluding carboxylic acids is 1. The van der Waals surface area contributed by atoms with Crippen molar-refractivity contribution in [3.8, 4) is 11.4 Å². The Hall–Kier alpha value is -2.47. The molecule has 2 aromatic heterocycles. The molecule has 0 unspecified atom stereocenters. The molecular weight excluding hydrogens is 284 g/mol. The van der Waals surface area contributed by atoms with E-state index in [-0.39, 0.29) is 0 Å². The van der Waals surface area contributed by atoms with Gasteiger partial charge in [0, 0.05) is 5.56 Å². The van der Waals surface area contributed by atoms with Gasteiger partial charge in [0.1, 0.15) is 9.71 Å². The number of aryl methyl sites for hydroxylation is 2. The second-order valence-corrected chi connectivity index (χ2v) is 5.84. The zero-order valence-corrected chi connectivity index (χ0v) is 12.5. The first-order chi connectivity index (χ1) is 9.99. The van der Waals surface area contributed by atoms with Gasteiger partial charge in [-0.1, -0.05) is 24.3 Å². The predicted octanol–water partition coefficient (Wildman–Crippen LogP) is 2.66. The number of anilines is 1. The number of nitrogens with two attached hydrogens (primary N) is 2. The van der Waals surface area contributed by atoms with Crippen LogP contribution in [-0.2, 0) is 0 Å². The summed E-state index contributed by atoms with van der Waals surface area (Å²) in [6.07, 6.45) is 0. The lowest BCUT2D eigenvalue weighted by Gasteiger charge is -2.06. The third-order valence-electron chi connectivity index (χ3n) is 3.38. The fourth-order valence-electron chi connectivity index (χ4n) is 2.32. The van der Waals surface area contributed by atoms with Crippen LogP contribution in [0.3, 0.4) is 0 Å². The second-order valence-electron chi connectivity index (χ2n) is 4.84. The van der Waals surface area contributed by atoms with Crippen LogP contribution in [-0.4, -0.2) is 15.9 Å². The summed E-state index contributed by atoms with van der Waals surface area (Å²) in [6.45, 7) is 3.87. The average Bonchev–Trinajstić information content (AvgIpc) is 2.77. The van der Waals surface area contributed by atoms with Crippen molar-refractivity contribution >= 4 is 33.1 Å². The maximum absolute atomic E-state index is 11.4. The summed E-state index contributed by atoms with van der Waals surface area (Å²) in [4.78, 5) is 21.5. The van der Waals surface area contributed by atoms with Gasteiger partial charge in [-0.15, -0.1) is 11.3 Å². The maximum Gasteiger partial charge on any atom is 0.260 e. The number of fused-ring (bicyclic) bond motifs is 1. The van der Waals surface area contributed by atoms with Gasteiger partial charge in [0.25, 0.3) is 5.91 Å². The molecule has 0 saturated carbocycles. The number of amides is 1.